The van der Waals surface area contributed by atoms with Crippen LogP contribution in [0.15, 0.2) is 0 Å². The van der Waals surface area contributed by atoms with Crippen molar-refractivity contribution in [2.24, 2.45) is 0 Å². The minimum absolute atomic E-state index is 0.118. The van der Waals surface area contributed by atoms with Gasteiger partial charge in [0.05, 0.1) is 17.2 Å². The van der Waals surface area contributed by atoms with Gasteiger partial charge in [0, 0.05) is 19.1 Å². The highest BCUT2D eigenvalue weighted by Gasteiger charge is 2.30. The first kappa shape index (κ1) is 12.4. The van der Waals surface area contributed by atoms with E-state index in [0.717, 1.165) is 28.8 Å². The van der Waals surface area contributed by atoms with Crippen LogP contribution in [0.25, 0.3) is 0 Å². The largest absolute Gasteiger partial charge is 0.391 e. The Kier molecular flexibility index (Phi) is 3.54. The third kappa shape index (κ3) is 2.27. The predicted octanol–water partition coefficient (Wildman–Crippen LogP) is 1.62. The van der Waals surface area contributed by atoms with Gasteiger partial charge in [-0.15, -0.1) is 0 Å². The van der Waals surface area contributed by atoms with Gasteiger partial charge < -0.3 is 10.0 Å². The molecule has 1 atom stereocenters. The number of hydrogen-bond acceptors (Lipinski definition) is 5. The molecule has 0 aromatic carbocycles. The summed E-state index contributed by atoms with van der Waals surface area (Å²) in [5.74, 6) is 0. The molecular weight excluding hydrogens is 246 g/mol. The van der Waals surface area contributed by atoms with Crippen LogP contribution in [0.1, 0.15) is 29.8 Å². The van der Waals surface area contributed by atoms with Crippen LogP contribution in [-0.4, -0.2) is 47.2 Å². The van der Waals surface area contributed by atoms with Crippen molar-refractivity contribution < 1.29 is 5.11 Å². The van der Waals surface area contributed by atoms with Crippen LogP contribution >= 0.6 is 11.3 Å². The zero-order valence-corrected chi connectivity index (χ0v) is 11.7. The summed E-state index contributed by atoms with van der Waals surface area (Å²) in [6, 6.07) is 0.717. The number of nitrogens with zero attached hydrogens (tertiary/aromatic N) is 3. The van der Waals surface area contributed by atoms with E-state index in [4.69, 9.17) is 0 Å². The maximum atomic E-state index is 9.24. The van der Waals surface area contributed by atoms with Crippen LogP contribution in [0, 0.1) is 6.92 Å². The third-order valence-corrected chi connectivity index (χ3v) is 5.32. The third-order valence-electron chi connectivity index (χ3n) is 4.12. The van der Waals surface area contributed by atoms with Crippen molar-refractivity contribution in [3.63, 3.8) is 0 Å². The van der Waals surface area contributed by atoms with Gasteiger partial charge in [-0.05, 0) is 39.3 Å². The van der Waals surface area contributed by atoms with Crippen molar-refractivity contribution in [3.8, 4) is 0 Å². The van der Waals surface area contributed by atoms with E-state index in [1.165, 1.54) is 32.4 Å². The zero-order chi connectivity index (χ0) is 12.5. The van der Waals surface area contributed by atoms with Crippen LogP contribution in [0.3, 0.4) is 0 Å². The fraction of sp³-hybridized carbons (Fsp3) is 0.769. The minimum Gasteiger partial charge on any atom is -0.391 e. The maximum absolute atomic E-state index is 9.24. The van der Waals surface area contributed by atoms with E-state index in [1.807, 2.05) is 6.92 Å². The molecule has 0 spiro atoms. The normalized spacial score (nSPS) is 25.2. The summed E-state index contributed by atoms with van der Waals surface area (Å²) in [4.78, 5) is 10.6. The topological polar surface area (TPSA) is 39.6 Å². The quantitative estimate of drug-likeness (QED) is 0.903. The lowest BCUT2D eigenvalue weighted by Gasteiger charge is -2.23. The number of aromatic nitrogens is 1. The Morgan fingerprint density at radius 3 is 2.78 bits per heavy atom. The summed E-state index contributed by atoms with van der Waals surface area (Å²) in [6.07, 6.45) is 3.98. The first-order valence-electron chi connectivity index (χ1n) is 6.84. The standard InChI is InChI=1S/C13H21N3OS/c1-10-12(9-17)18-13(14-10)16-7-4-11(8-16)15-5-2-3-6-15/h11,17H,2-9H2,1H3. The molecule has 2 fully saturated rings. The fourth-order valence-electron chi connectivity index (χ4n) is 3.01. The molecule has 0 radical (unpaired) electrons. The number of hydrogen-bond donors (Lipinski definition) is 1. The van der Waals surface area contributed by atoms with Crippen LogP contribution in [0.5, 0.6) is 0 Å². The highest BCUT2D eigenvalue weighted by atomic mass is 32.1. The molecule has 1 N–H and O–H groups in total. The van der Waals surface area contributed by atoms with Crippen molar-refractivity contribution in [2.45, 2.75) is 38.8 Å². The van der Waals surface area contributed by atoms with Crippen LogP contribution < -0.4 is 4.90 Å². The summed E-state index contributed by atoms with van der Waals surface area (Å²) in [5, 5.41) is 10.3. The molecule has 1 unspecified atom stereocenters. The van der Waals surface area contributed by atoms with Crippen LogP contribution in [-0.2, 0) is 6.61 Å². The summed E-state index contributed by atoms with van der Waals surface area (Å²) in [7, 11) is 0. The maximum Gasteiger partial charge on any atom is 0.185 e. The molecule has 18 heavy (non-hydrogen) atoms. The lowest BCUT2D eigenvalue weighted by Crippen LogP contribution is -2.35. The van der Waals surface area contributed by atoms with E-state index < -0.39 is 0 Å². The lowest BCUT2D eigenvalue weighted by atomic mass is 10.2. The number of aryl methyl sites for hydroxylation is 1. The van der Waals surface area contributed by atoms with Gasteiger partial charge in [-0.1, -0.05) is 11.3 Å². The van der Waals surface area contributed by atoms with E-state index in [1.54, 1.807) is 11.3 Å². The molecule has 0 aliphatic carbocycles. The molecule has 2 aliphatic heterocycles. The van der Waals surface area contributed by atoms with Crippen molar-refractivity contribution in [1.82, 2.24) is 9.88 Å². The van der Waals surface area contributed by atoms with Gasteiger partial charge in [0.1, 0.15) is 0 Å². The van der Waals surface area contributed by atoms with Crippen LogP contribution in [0.4, 0.5) is 5.13 Å². The molecule has 1 aromatic heterocycles. The van der Waals surface area contributed by atoms with E-state index in [2.05, 4.69) is 14.8 Å². The molecule has 2 saturated heterocycles. The Balaban J connectivity index is 1.67. The van der Waals surface area contributed by atoms with Gasteiger partial charge in [0.15, 0.2) is 5.13 Å². The van der Waals surface area contributed by atoms with Crippen LogP contribution in [0.2, 0.25) is 0 Å². The molecule has 1 aromatic rings. The average Bonchev–Trinajstić information content (AvgIpc) is 3.08. The molecule has 0 amide bonds. The Bertz CT molecular complexity index is 414. The number of aliphatic hydroxyl groups excluding tert-OH is 1. The van der Waals surface area contributed by atoms with E-state index in [9.17, 15) is 5.11 Å². The molecular formula is C13H21N3OS. The molecule has 5 heteroatoms. The Morgan fingerprint density at radius 1 is 1.33 bits per heavy atom. The predicted molar refractivity (Wildman–Crippen MR) is 74.2 cm³/mol. The first-order chi connectivity index (χ1) is 8.78. The van der Waals surface area contributed by atoms with Gasteiger partial charge in [0.2, 0.25) is 0 Å². The molecule has 2 aliphatic rings. The highest BCUT2D eigenvalue weighted by molar-refractivity contribution is 7.15. The number of likely N-dealkylation sites (tertiary alicyclic amines) is 1. The SMILES string of the molecule is Cc1nc(N2CCC(N3CCCC3)C2)sc1CO. The number of rotatable bonds is 3. The van der Waals surface area contributed by atoms with Crippen molar-refractivity contribution in [3.05, 3.63) is 10.6 Å². The summed E-state index contributed by atoms with van der Waals surface area (Å²) in [5.41, 5.74) is 0.988. The smallest absolute Gasteiger partial charge is 0.185 e. The second-order valence-corrected chi connectivity index (χ2v) is 6.36. The van der Waals surface area contributed by atoms with E-state index in [0.29, 0.717) is 6.04 Å². The van der Waals surface area contributed by atoms with E-state index in [-0.39, 0.29) is 6.61 Å². The van der Waals surface area contributed by atoms with E-state index >= 15 is 0 Å². The Hall–Kier alpha value is -0.650. The summed E-state index contributed by atoms with van der Waals surface area (Å²) in [6.45, 7) is 6.87. The minimum atomic E-state index is 0.118. The van der Waals surface area contributed by atoms with Gasteiger partial charge in [-0.25, -0.2) is 4.98 Å². The van der Waals surface area contributed by atoms with Gasteiger partial charge in [-0.2, -0.15) is 0 Å². The van der Waals surface area contributed by atoms with Crippen molar-refractivity contribution in [1.29, 1.82) is 0 Å². The molecule has 3 heterocycles. The second-order valence-electron chi connectivity index (χ2n) is 5.29. The van der Waals surface area contributed by atoms with Gasteiger partial charge >= 0.3 is 0 Å². The molecule has 0 bridgehead atoms. The van der Waals surface area contributed by atoms with Gasteiger partial charge in [0.25, 0.3) is 0 Å². The molecule has 4 nitrogen and oxygen atoms in total. The van der Waals surface area contributed by atoms with Crippen molar-refractivity contribution in [2.75, 3.05) is 31.1 Å². The molecule has 100 valence electrons. The monoisotopic (exact) mass is 267 g/mol. The fourth-order valence-corrected chi connectivity index (χ4v) is 3.97. The lowest BCUT2D eigenvalue weighted by molar-refractivity contribution is 0.260. The first-order valence-corrected chi connectivity index (χ1v) is 7.65. The summed E-state index contributed by atoms with van der Waals surface area (Å²) >= 11 is 1.65. The Morgan fingerprint density at radius 2 is 2.11 bits per heavy atom. The highest BCUT2D eigenvalue weighted by Crippen LogP contribution is 2.30. The molecule has 0 saturated carbocycles. The second kappa shape index (κ2) is 5.15. The molecule has 3 rings (SSSR count). The summed E-state index contributed by atoms with van der Waals surface area (Å²) < 4.78 is 0. The van der Waals surface area contributed by atoms with Crippen molar-refractivity contribution >= 4 is 16.5 Å². The zero-order valence-electron chi connectivity index (χ0n) is 10.9. The number of thiazole rings is 1. The Labute approximate surface area is 112 Å². The average molecular weight is 267 g/mol. The van der Waals surface area contributed by atoms with Gasteiger partial charge in [-0.3, -0.25) is 4.90 Å². The number of aliphatic hydroxyl groups is 1. The number of anilines is 1.